The first-order valence-corrected chi connectivity index (χ1v) is 8.68. The molecule has 2 aromatic rings. The fourth-order valence-corrected chi connectivity index (χ4v) is 3.60. The van der Waals surface area contributed by atoms with Crippen molar-refractivity contribution >= 4 is 5.91 Å². The molecule has 0 saturated carbocycles. The zero-order valence-corrected chi connectivity index (χ0v) is 14.5. The Hall–Kier alpha value is -2.14. The Morgan fingerprint density at radius 1 is 1.17 bits per heavy atom. The van der Waals surface area contributed by atoms with Crippen LogP contribution in [0.1, 0.15) is 41.9 Å². The maximum atomic E-state index is 11.9. The van der Waals surface area contributed by atoms with Gasteiger partial charge in [0.15, 0.2) is 0 Å². The maximum absolute atomic E-state index is 11.9. The predicted octanol–water partition coefficient (Wildman–Crippen LogP) is 2.82. The number of aromatic amines is 1. The van der Waals surface area contributed by atoms with E-state index < -0.39 is 0 Å². The fourth-order valence-electron chi connectivity index (χ4n) is 3.60. The summed E-state index contributed by atoms with van der Waals surface area (Å²) in [7, 11) is 0. The van der Waals surface area contributed by atoms with Crippen molar-refractivity contribution in [2.24, 2.45) is 11.8 Å². The summed E-state index contributed by atoms with van der Waals surface area (Å²) in [6.45, 7) is 8.59. The molecule has 2 unspecified atom stereocenters. The molecule has 1 aromatic heterocycles. The molecule has 1 saturated heterocycles. The molecule has 128 valence electrons. The zero-order chi connectivity index (χ0) is 16.9. The number of carbonyl (C=O) groups excluding carboxylic acids is 1. The van der Waals surface area contributed by atoms with Crippen LogP contribution in [0, 0.1) is 11.8 Å². The third-order valence-electron chi connectivity index (χ3n) is 4.57. The van der Waals surface area contributed by atoms with Crippen molar-refractivity contribution in [2.45, 2.75) is 33.4 Å². The van der Waals surface area contributed by atoms with Crippen LogP contribution in [0.3, 0.4) is 0 Å². The molecular formula is C19H26N4O. The van der Waals surface area contributed by atoms with Crippen LogP contribution in [0.2, 0.25) is 0 Å². The smallest absolute Gasteiger partial charge is 0.269 e. The van der Waals surface area contributed by atoms with Crippen LogP contribution < -0.4 is 5.32 Å². The second kappa shape index (κ2) is 7.62. The average molecular weight is 326 g/mol. The van der Waals surface area contributed by atoms with E-state index in [1.54, 1.807) is 12.3 Å². The van der Waals surface area contributed by atoms with Crippen LogP contribution in [0.5, 0.6) is 0 Å². The molecule has 1 amide bonds. The highest BCUT2D eigenvalue weighted by Gasteiger charge is 2.21. The predicted molar refractivity (Wildman–Crippen MR) is 94.4 cm³/mol. The molecule has 1 fully saturated rings. The van der Waals surface area contributed by atoms with Crippen molar-refractivity contribution in [3.8, 4) is 0 Å². The molecule has 24 heavy (non-hydrogen) atoms. The first-order chi connectivity index (χ1) is 11.6. The molecular weight excluding hydrogens is 300 g/mol. The highest BCUT2D eigenvalue weighted by molar-refractivity contribution is 5.91. The summed E-state index contributed by atoms with van der Waals surface area (Å²) in [6.07, 6.45) is 2.91. The summed E-state index contributed by atoms with van der Waals surface area (Å²) >= 11 is 0. The topological polar surface area (TPSA) is 61.0 Å². The van der Waals surface area contributed by atoms with Crippen LogP contribution in [-0.2, 0) is 13.1 Å². The van der Waals surface area contributed by atoms with E-state index in [1.807, 2.05) is 0 Å². The van der Waals surface area contributed by atoms with Crippen LogP contribution in [0.25, 0.3) is 0 Å². The molecule has 1 aliphatic rings. The monoisotopic (exact) mass is 326 g/mol. The summed E-state index contributed by atoms with van der Waals surface area (Å²) in [6, 6.07) is 10.2. The second-order valence-electron chi connectivity index (χ2n) is 7.11. The van der Waals surface area contributed by atoms with Gasteiger partial charge >= 0.3 is 0 Å². The van der Waals surface area contributed by atoms with Gasteiger partial charge in [0.2, 0.25) is 0 Å². The van der Waals surface area contributed by atoms with Crippen LogP contribution in [0.15, 0.2) is 36.5 Å². The molecule has 5 heteroatoms. The van der Waals surface area contributed by atoms with E-state index in [1.165, 1.54) is 25.1 Å². The Bertz CT molecular complexity index is 641. The van der Waals surface area contributed by atoms with E-state index in [4.69, 9.17) is 0 Å². The molecule has 1 aromatic carbocycles. The Kier molecular flexibility index (Phi) is 5.30. The largest absolute Gasteiger partial charge is 0.347 e. The Morgan fingerprint density at radius 2 is 1.83 bits per heavy atom. The van der Waals surface area contributed by atoms with Gasteiger partial charge in [-0.1, -0.05) is 38.1 Å². The van der Waals surface area contributed by atoms with E-state index in [0.717, 1.165) is 23.9 Å². The first-order valence-electron chi connectivity index (χ1n) is 8.68. The van der Waals surface area contributed by atoms with Gasteiger partial charge in [-0.15, -0.1) is 0 Å². The average Bonchev–Trinajstić information content (AvgIpc) is 3.07. The lowest BCUT2D eigenvalue weighted by Crippen LogP contribution is -2.38. The van der Waals surface area contributed by atoms with Gasteiger partial charge in [-0.3, -0.25) is 14.8 Å². The Balaban J connectivity index is 1.51. The highest BCUT2D eigenvalue weighted by Crippen LogP contribution is 2.22. The number of H-pyrrole nitrogens is 1. The van der Waals surface area contributed by atoms with E-state index in [-0.39, 0.29) is 5.91 Å². The van der Waals surface area contributed by atoms with Crippen molar-refractivity contribution < 1.29 is 4.79 Å². The van der Waals surface area contributed by atoms with Crippen LogP contribution >= 0.6 is 0 Å². The number of nitrogens with one attached hydrogen (secondary N) is 2. The molecule has 0 radical (unpaired) electrons. The number of amides is 1. The van der Waals surface area contributed by atoms with Crippen molar-refractivity contribution in [1.82, 2.24) is 20.4 Å². The minimum Gasteiger partial charge on any atom is -0.347 e. The fraction of sp³-hybridized carbons (Fsp3) is 0.474. The number of carbonyl (C=O) groups is 1. The lowest BCUT2D eigenvalue weighted by Gasteiger charge is -2.35. The number of likely N-dealkylation sites (tertiary alicyclic amines) is 1. The van der Waals surface area contributed by atoms with Gasteiger partial charge in [-0.2, -0.15) is 5.10 Å². The normalized spacial score (nSPS) is 21.6. The second-order valence-corrected chi connectivity index (χ2v) is 7.11. The highest BCUT2D eigenvalue weighted by atomic mass is 16.1. The van der Waals surface area contributed by atoms with Crippen LogP contribution in [0.4, 0.5) is 0 Å². The molecule has 1 aliphatic heterocycles. The third-order valence-corrected chi connectivity index (χ3v) is 4.57. The first kappa shape index (κ1) is 16.7. The van der Waals surface area contributed by atoms with Crippen LogP contribution in [-0.4, -0.2) is 34.1 Å². The lowest BCUT2D eigenvalue weighted by molar-refractivity contribution is 0.0946. The van der Waals surface area contributed by atoms with E-state index >= 15 is 0 Å². The van der Waals surface area contributed by atoms with Gasteiger partial charge in [0.25, 0.3) is 5.91 Å². The summed E-state index contributed by atoms with van der Waals surface area (Å²) in [4.78, 5) is 14.4. The number of hydrogen-bond donors (Lipinski definition) is 2. The van der Waals surface area contributed by atoms with Gasteiger partial charge in [0.1, 0.15) is 5.69 Å². The van der Waals surface area contributed by atoms with Gasteiger partial charge in [-0.25, -0.2) is 0 Å². The number of piperidine rings is 1. The van der Waals surface area contributed by atoms with Gasteiger partial charge in [0, 0.05) is 32.4 Å². The van der Waals surface area contributed by atoms with Crippen molar-refractivity contribution in [2.75, 3.05) is 13.1 Å². The number of nitrogens with zero attached hydrogens (tertiary/aromatic N) is 2. The minimum absolute atomic E-state index is 0.132. The maximum Gasteiger partial charge on any atom is 0.269 e. The van der Waals surface area contributed by atoms with Crippen molar-refractivity contribution in [3.63, 3.8) is 0 Å². The molecule has 0 aliphatic carbocycles. The number of hydrogen-bond acceptors (Lipinski definition) is 3. The summed E-state index contributed by atoms with van der Waals surface area (Å²) in [5.74, 6) is 1.43. The molecule has 2 atom stereocenters. The van der Waals surface area contributed by atoms with Crippen molar-refractivity contribution in [3.05, 3.63) is 53.3 Å². The molecule has 0 bridgehead atoms. The number of rotatable bonds is 5. The van der Waals surface area contributed by atoms with Gasteiger partial charge < -0.3 is 5.32 Å². The Morgan fingerprint density at radius 3 is 2.46 bits per heavy atom. The summed E-state index contributed by atoms with van der Waals surface area (Å²) < 4.78 is 0. The molecule has 3 rings (SSSR count). The zero-order valence-electron chi connectivity index (χ0n) is 14.5. The SMILES string of the molecule is CC1CC(C)CN(Cc2ccc(CNC(=O)c3ccn[nH]3)cc2)C1. The van der Waals surface area contributed by atoms with Gasteiger partial charge in [-0.05, 0) is 35.4 Å². The van der Waals surface area contributed by atoms with E-state index in [9.17, 15) is 4.79 Å². The van der Waals surface area contributed by atoms with E-state index in [0.29, 0.717) is 12.2 Å². The number of aromatic nitrogens is 2. The molecule has 2 heterocycles. The quantitative estimate of drug-likeness (QED) is 0.888. The summed E-state index contributed by atoms with van der Waals surface area (Å²) in [5, 5.41) is 9.35. The Labute approximate surface area is 143 Å². The standard InChI is InChI=1S/C19H26N4O/c1-14-9-15(2)12-23(11-14)13-17-5-3-16(4-6-17)10-20-19(24)18-7-8-21-22-18/h3-8,14-15H,9-13H2,1-2H3,(H,20,24)(H,21,22). The lowest BCUT2D eigenvalue weighted by atomic mass is 9.91. The summed E-state index contributed by atoms with van der Waals surface area (Å²) in [5.41, 5.74) is 2.92. The van der Waals surface area contributed by atoms with Gasteiger partial charge in [0.05, 0.1) is 0 Å². The third kappa shape index (κ3) is 4.45. The minimum atomic E-state index is -0.132. The molecule has 2 N–H and O–H groups in total. The molecule has 5 nitrogen and oxygen atoms in total. The number of benzene rings is 1. The van der Waals surface area contributed by atoms with Crippen molar-refractivity contribution in [1.29, 1.82) is 0 Å². The molecule has 0 spiro atoms. The van der Waals surface area contributed by atoms with E-state index in [2.05, 4.69) is 58.5 Å².